The lowest BCUT2D eigenvalue weighted by atomic mass is 10.2. The average Bonchev–Trinajstić information content (AvgIpc) is 2.96. The number of hydrazone groups is 1. The molecule has 0 saturated heterocycles. The predicted octanol–water partition coefficient (Wildman–Crippen LogP) is 5.78. The van der Waals surface area contributed by atoms with Gasteiger partial charge in [-0.15, -0.1) is 11.3 Å². The number of nitrogens with one attached hydrogen (secondary N) is 1. The van der Waals surface area contributed by atoms with Gasteiger partial charge in [-0.2, -0.15) is 5.10 Å². The summed E-state index contributed by atoms with van der Waals surface area (Å²) in [5.74, 6) is 0. The van der Waals surface area contributed by atoms with Crippen LogP contribution in [0, 0.1) is 0 Å². The summed E-state index contributed by atoms with van der Waals surface area (Å²) >= 11 is 8.44. The van der Waals surface area contributed by atoms with Crippen LogP contribution in [0.4, 0.5) is 5.13 Å². The predicted molar refractivity (Wildman–Crippen MR) is 101 cm³/mol. The van der Waals surface area contributed by atoms with E-state index in [9.17, 15) is 0 Å². The van der Waals surface area contributed by atoms with Crippen molar-refractivity contribution in [3.63, 3.8) is 0 Å². The maximum absolute atomic E-state index is 4.52. The fourth-order valence-electron chi connectivity index (χ4n) is 1.88. The number of benzene rings is 2. The Morgan fingerprint density at radius 3 is 2.50 bits per heavy atom. The highest BCUT2D eigenvalue weighted by molar-refractivity contribution is 9.11. The third-order valence-corrected chi connectivity index (χ3v) is 4.50. The number of anilines is 1. The number of hydrogen-bond acceptors (Lipinski definition) is 4. The van der Waals surface area contributed by atoms with Crippen LogP contribution in [0.15, 0.2) is 68.0 Å². The first-order valence-corrected chi connectivity index (χ1v) is 8.93. The summed E-state index contributed by atoms with van der Waals surface area (Å²) in [4.78, 5) is 4.52. The Morgan fingerprint density at radius 1 is 1.05 bits per heavy atom. The summed E-state index contributed by atoms with van der Waals surface area (Å²) < 4.78 is 2.01. The molecule has 1 aromatic heterocycles. The van der Waals surface area contributed by atoms with Gasteiger partial charge in [0.2, 0.25) is 5.13 Å². The number of hydrogen-bond donors (Lipinski definition) is 1. The second-order valence-corrected chi connectivity index (χ2v) is 7.17. The zero-order valence-corrected chi connectivity index (χ0v) is 15.3. The van der Waals surface area contributed by atoms with E-state index < -0.39 is 0 Å². The van der Waals surface area contributed by atoms with E-state index in [1.807, 2.05) is 53.9 Å². The number of halogens is 2. The van der Waals surface area contributed by atoms with Gasteiger partial charge in [0.25, 0.3) is 0 Å². The van der Waals surface area contributed by atoms with Crippen molar-refractivity contribution in [2.45, 2.75) is 0 Å². The van der Waals surface area contributed by atoms with Gasteiger partial charge in [0.15, 0.2) is 0 Å². The smallest absolute Gasteiger partial charge is 0.203 e. The molecule has 1 heterocycles. The van der Waals surface area contributed by atoms with Crippen LogP contribution in [0.2, 0.25) is 0 Å². The third-order valence-electron chi connectivity index (χ3n) is 2.83. The van der Waals surface area contributed by atoms with Gasteiger partial charge in [0, 0.05) is 19.9 Å². The molecule has 0 radical (unpaired) electrons. The summed E-state index contributed by atoms with van der Waals surface area (Å²) in [5.41, 5.74) is 6.02. The molecule has 0 amide bonds. The van der Waals surface area contributed by atoms with E-state index in [4.69, 9.17) is 0 Å². The van der Waals surface area contributed by atoms with E-state index in [0.717, 1.165) is 30.9 Å². The summed E-state index contributed by atoms with van der Waals surface area (Å²) in [7, 11) is 0. The van der Waals surface area contributed by atoms with Gasteiger partial charge in [-0.05, 0) is 23.8 Å². The minimum absolute atomic E-state index is 0.768. The number of nitrogens with zero attached hydrogens (tertiary/aromatic N) is 2. The van der Waals surface area contributed by atoms with E-state index in [1.54, 1.807) is 6.21 Å². The van der Waals surface area contributed by atoms with Crippen molar-refractivity contribution in [1.29, 1.82) is 0 Å². The summed E-state index contributed by atoms with van der Waals surface area (Å²) in [6, 6.07) is 16.1. The Kier molecular flexibility index (Phi) is 5.02. The lowest BCUT2D eigenvalue weighted by Crippen LogP contribution is -1.90. The summed E-state index contributed by atoms with van der Waals surface area (Å²) in [6.45, 7) is 0. The highest BCUT2D eigenvalue weighted by Gasteiger charge is 2.02. The Labute approximate surface area is 149 Å². The standard InChI is InChI=1S/C16H11Br2N3S/c17-13-6-11(7-14(18)8-13)9-19-21-16-20-15(10-22-16)12-4-2-1-3-5-12/h1-10H,(H,20,21). The van der Waals surface area contributed by atoms with Crippen LogP contribution in [-0.2, 0) is 0 Å². The zero-order valence-electron chi connectivity index (χ0n) is 11.3. The molecule has 1 N–H and O–H groups in total. The van der Waals surface area contributed by atoms with Crippen molar-refractivity contribution < 1.29 is 0 Å². The van der Waals surface area contributed by atoms with Crippen LogP contribution in [0.1, 0.15) is 5.56 Å². The molecule has 3 nitrogen and oxygen atoms in total. The Hall–Kier alpha value is -1.50. The highest BCUT2D eigenvalue weighted by atomic mass is 79.9. The first-order chi connectivity index (χ1) is 10.7. The van der Waals surface area contributed by atoms with Gasteiger partial charge in [0.1, 0.15) is 0 Å². The molecule has 0 fully saturated rings. The third kappa shape index (κ3) is 4.03. The van der Waals surface area contributed by atoms with Crippen molar-refractivity contribution in [2.24, 2.45) is 5.10 Å². The normalized spacial score (nSPS) is 11.0. The molecule has 22 heavy (non-hydrogen) atoms. The van der Waals surface area contributed by atoms with Crippen molar-refractivity contribution in [1.82, 2.24) is 4.98 Å². The van der Waals surface area contributed by atoms with E-state index in [1.165, 1.54) is 11.3 Å². The average molecular weight is 437 g/mol. The van der Waals surface area contributed by atoms with E-state index in [0.29, 0.717) is 0 Å². The van der Waals surface area contributed by atoms with Gasteiger partial charge in [-0.3, -0.25) is 5.43 Å². The van der Waals surface area contributed by atoms with Crippen LogP contribution >= 0.6 is 43.2 Å². The van der Waals surface area contributed by atoms with Crippen LogP contribution in [-0.4, -0.2) is 11.2 Å². The summed E-state index contributed by atoms with van der Waals surface area (Å²) in [6.07, 6.45) is 1.76. The van der Waals surface area contributed by atoms with Gasteiger partial charge < -0.3 is 0 Å². The number of thiazole rings is 1. The maximum Gasteiger partial charge on any atom is 0.203 e. The first-order valence-electron chi connectivity index (χ1n) is 6.47. The second kappa shape index (κ2) is 7.17. The van der Waals surface area contributed by atoms with Crippen LogP contribution in [0.3, 0.4) is 0 Å². The van der Waals surface area contributed by atoms with E-state index >= 15 is 0 Å². The molecule has 0 saturated carbocycles. The molecule has 0 atom stereocenters. The SMILES string of the molecule is Brc1cc(Br)cc(C=NNc2nc(-c3ccccc3)cs2)c1. The fourth-order valence-corrected chi connectivity index (χ4v) is 3.88. The minimum atomic E-state index is 0.768. The minimum Gasteiger partial charge on any atom is -0.253 e. The molecular weight excluding hydrogens is 426 g/mol. The van der Waals surface area contributed by atoms with Gasteiger partial charge in [0.05, 0.1) is 11.9 Å². The highest BCUT2D eigenvalue weighted by Crippen LogP contribution is 2.24. The second-order valence-electron chi connectivity index (χ2n) is 4.48. The van der Waals surface area contributed by atoms with Crippen molar-refractivity contribution in [2.75, 3.05) is 5.43 Å². The fraction of sp³-hybridized carbons (Fsp3) is 0. The monoisotopic (exact) mass is 435 g/mol. The molecular formula is C16H11Br2N3S. The lowest BCUT2D eigenvalue weighted by Gasteiger charge is -1.98. The number of rotatable bonds is 4. The molecule has 3 aromatic rings. The molecule has 2 aromatic carbocycles. The summed E-state index contributed by atoms with van der Waals surface area (Å²) in [5, 5.41) is 7.02. The van der Waals surface area contributed by atoms with E-state index in [2.05, 4.69) is 47.4 Å². The maximum atomic E-state index is 4.52. The van der Waals surface area contributed by atoms with Crippen molar-refractivity contribution >= 4 is 54.5 Å². The van der Waals surface area contributed by atoms with Gasteiger partial charge in [-0.1, -0.05) is 62.2 Å². The Balaban J connectivity index is 1.69. The van der Waals surface area contributed by atoms with Gasteiger partial charge >= 0.3 is 0 Å². The first kappa shape index (κ1) is 15.4. The van der Waals surface area contributed by atoms with Crippen LogP contribution < -0.4 is 5.43 Å². The molecule has 0 aliphatic heterocycles. The largest absolute Gasteiger partial charge is 0.253 e. The van der Waals surface area contributed by atoms with Crippen molar-refractivity contribution in [3.8, 4) is 11.3 Å². The molecule has 0 aliphatic carbocycles. The molecule has 0 spiro atoms. The zero-order chi connectivity index (χ0) is 15.4. The van der Waals surface area contributed by atoms with Gasteiger partial charge in [-0.25, -0.2) is 4.98 Å². The quantitative estimate of drug-likeness (QED) is 0.415. The molecule has 6 heteroatoms. The number of aromatic nitrogens is 1. The molecule has 0 bridgehead atoms. The van der Waals surface area contributed by atoms with Crippen molar-refractivity contribution in [3.05, 3.63) is 68.4 Å². The molecule has 0 aliphatic rings. The van der Waals surface area contributed by atoms with E-state index in [-0.39, 0.29) is 0 Å². The lowest BCUT2D eigenvalue weighted by molar-refractivity contribution is 1.29. The molecule has 0 unspecified atom stereocenters. The van der Waals surface area contributed by atoms with Crippen LogP contribution in [0.25, 0.3) is 11.3 Å². The topological polar surface area (TPSA) is 37.3 Å². The van der Waals surface area contributed by atoms with Crippen LogP contribution in [0.5, 0.6) is 0 Å². The Morgan fingerprint density at radius 2 is 1.77 bits per heavy atom. The molecule has 110 valence electrons. The molecule has 3 rings (SSSR count). The Bertz CT molecular complexity index is 780.